The van der Waals surface area contributed by atoms with Crippen LogP contribution in [0.1, 0.15) is 30.0 Å². The SMILES string of the molecule is C=CCC1CC2(Cc3ccc(OC)nc31)OCCO2. The summed E-state index contributed by atoms with van der Waals surface area (Å²) in [5.74, 6) is 0.503. The van der Waals surface area contributed by atoms with Gasteiger partial charge in [0, 0.05) is 24.8 Å². The van der Waals surface area contributed by atoms with Gasteiger partial charge < -0.3 is 14.2 Å². The van der Waals surface area contributed by atoms with Crippen molar-refractivity contribution < 1.29 is 14.2 Å². The molecule has 2 heterocycles. The Labute approximate surface area is 113 Å². The highest BCUT2D eigenvalue weighted by Crippen LogP contribution is 2.43. The lowest BCUT2D eigenvalue weighted by molar-refractivity contribution is -0.168. The van der Waals surface area contributed by atoms with Crippen molar-refractivity contribution in [2.24, 2.45) is 0 Å². The largest absolute Gasteiger partial charge is 0.481 e. The van der Waals surface area contributed by atoms with Crippen LogP contribution in [-0.2, 0) is 15.9 Å². The molecule has 0 radical (unpaired) electrons. The summed E-state index contributed by atoms with van der Waals surface area (Å²) in [5, 5.41) is 0. The molecule has 1 aromatic rings. The van der Waals surface area contributed by atoms with Crippen molar-refractivity contribution in [2.45, 2.75) is 31.0 Å². The molecule has 19 heavy (non-hydrogen) atoms. The maximum Gasteiger partial charge on any atom is 0.213 e. The van der Waals surface area contributed by atoms with Crippen molar-refractivity contribution in [3.8, 4) is 5.88 Å². The van der Waals surface area contributed by atoms with Gasteiger partial charge in [-0.3, -0.25) is 0 Å². The smallest absolute Gasteiger partial charge is 0.213 e. The van der Waals surface area contributed by atoms with Gasteiger partial charge in [0.25, 0.3) is 0 Å². The maximum absolute atomic E-state index is 5.86. The number of hydrogen-bond donors (Lipinski definition) is 0. The van der Waals surface area contributed by atoms with Gasteiger partial charge in [-0.25, -0.2) is 4.98 Å². The molecule has 0 N–H and O–H groups in total. The van der Waals surface area contributed by atoms with E-state index < -0.39 is 5.79 Å². The van der Waals surface area contributed by atoms with Gasteiger partial charge in [-0.1, -0.05) is 12.1 Å². The molecule has 0 aromatic carbocycles. The molecule has 4 heteroatoms. The lowest BCUT2D eigenvalue weighted by Crippen LogP contribution is -2.39. The molecule has 102 valence electrons. The van der Waals surface area contributed by atoms with Gasteiger partial charge in [0.1, 0.15) is 0 Å². The molecule has 1 aliphatic carbocycles. The van der Waals surface area contributed by atoms with Crippen LogP contribution in [-0.4, -0.2) is 31.1 Å². The molecule has 1 fully saturated rings. The standard InChI is InChI=1S/C15H19NO3/c1-3-4-11-9-15(18-7-8-19-15)10-12-5-6-13(17-2)16-14(11)12/h3,5-6,11H,1,4,7-10H2,2H3. The summed E-state index contributed by atoms with van der Waals surface area (Å²) in [7, 11) is 1.64. The van der Waals surface area contributed by atoms with Gasteiger partial charge in [0.2, 0.25) is 5.88 Å². The number of nitrogens with zero attached hydrogens (tertiary/aromatic N) is 1. The van der Waals surface area contributed by atoms with Crippen LogP contribution in [0, 0.1) is 0 Å². The zero-order chi connectivity index (χ0) is 13.3. The van der Waals surface area contributed by atoms with Crippen LogP contribution in [0.4, 0.5) is 0 Å². The predicted molar refractivity (Wildman–Crippen MR) is 71.3 cm³/mol. The predicted octanol–water partition coefficient (Wildman–Crippen LogP) is 2.44. The number of ether oxygens (including phenoxy) is 3. The second kappa shape index (κ2) is 4.94. The quantitative estimate of drug-likeness (QED) is 0.784. The molecule has 3 rings (SSSR count). The zero-order valence-corrected chi connectivity index (χ0v) is 11.2. The Kier molecular flexibility index (Phi) is 3.29. The highest BCUT2D eigenvalue weighted by molar-refractivity contribution is 5.33. The van der Waals surface area contributed by atoms with Crippen LogP contribution < -0.4 is 4.74 Å². The summed E-state index contributed by atoms with van der Waals surface area (Å²) in [6.45, 7) is 5.21. The second-order valence-electron chi connectivity index (χ2n) is 5.11. The molecule has 1 aliphatic heterocycles. The van der Waals surface area contributed by atoms with Crippen molar-refractivity contribution in [3.05, 3.63) is 36.0 Å². The third-order valence-electron chi connectivity index (χ3n) is 3.86. The fraction of sp³-hybridized carbons (Fsp3) is 0.533. The van der Waals surface area contributed by atoms with E-state index in [0.717, 1.165) is 25.0 Å². The number of aromatic nitrogens is 1. The number of fused-ring (bicyclic) bond motifs is 1. The minimum Gasteiger partial charge on any atom is -0.481 e. The van der Waals surface area contributed by atoms with Gasteiger partial charge in [0.15, 0.2) is 5.79 Å². The molecular weight excluding hydrogens is 242 g/mol. The molecule has 1 atom stereocenters. The van der Waals surface area contributed by atoms with Crippen molar-refractivity contribution in [2.75, 3.05) is 20.3 Å². The van der Waals surface area contributed by atoms with E-state index in [1.54, 1.807) is 7.11 Å². The topological polar surface area (TPSA) is 40.6 Å². The van der Waals surface area contributed by atoms with E-state index in [1.807, 2.05) is 12.1 Å². The van der Waals surface area contributed by atoms with Crippen molar-refractivity contribution in [1.82, 2.24) is 4.98 Å². The average molecular weight is 261 g/mol. The number of allylic oxidation sites excluding steroid dienone is 1. The van der Waals surface area contributed by atoms with E-state index in [2.05, 4.69) is 17.6 Å². The Morgan fingerprint density at radius 1 is 1.47 bits per heavy atom. The first-order chi connectivity index (χ1) is 9.26. The van der Waals surface area contributed by atoms with E-state index in [1.165, 1.54) is 5.56 Å². The fourth-order valence-corrected chi connectivity index (χ4v) is 3.05. The first-order valence-electron chi connectivity index (χ1n) is 6.69. The van der Waals surface area contributed by atoms with Gasteiger partial charge in [0.05, 0.1) is 26.0 Å². The number of rotatable bonds is 3. The average Bonchev–Trinajstić information content (AvgIpc) is 2.86. The molecule has 1 spiro atoms. The summed E-state index contributed by atoms with van der Waals surface area (Å²) in [4.78, 5) is 4.61. The van der Waals surface area contributed by atoms with Crippen LogP contribution in [0.5, 0.6) is 5.88 Å². The van der Waals surface area contributed by atoms with Crippen LogP contribution in [0.2, 0.25) is 0 Å². The minimum absolute atomic E-state index is 0.287. The van der Waals surface area contributed by atoms with Gasteiger partial charge in [-0.05, 0) is 12.0 Å². The summed E-state index contributed by atoms with van der Waals surface area (Å²) in [6.07, 6.45) is 4.42. The van der Waals surface area contributed by atoms with E-state index >= 15 is 0 Å². The molecule has 0 saturated carbocycles. The Balaban J connectivity index is 1.98. The zero-order valence-electron chi connectivity index (χ0n) is 11.2. The van der Waals surface area contributed by atoms with Crippen LogP contribution in [0.25, 0.3) is 0 Å². The molecule has 1 aromatic heterocycles. The summed E-state index contributed by atoms with van der Waals surface area (Å²) < 4.78 is 16.9. The Morgan fingerprint density at radius 3 is 2.95 bits per heavy atom. The highest BCUT2D eigenvalue weighted by atomic mass is 16.7. The Bertz CT molecular complexity index is 480. The van der Waals surface area contributed by atoms with Gasteiger partial charge in [-0.2, -0.15) is 0 Å². The Morgan fingerprint density at radius 2 is 2.26 bits per heavy atom. The molecule has 0 amide bonds. The first kappa shape index (κ1) is 12.6. The molecular formula is C15H19NO3. The van der Waals surface area contributed by atoms with Crippen molar-refractivity contribution in [1.29, 1.82) is 0 Å². The number of pyridine rings is 1. The second-order valence-corrected chi connectivity index (χ2v) is 5.11. The third kappa shape index (κ3) is 2.26. The summed E-state index contributed by atoms with van der Waals surface area (Å²) in [6, 6.07) is 3.97. The molecule has 1 unspecified atom stereocenters. The third-order valence-corrected chi connectivity index (χ3v) is 3.86. The summed E-state index contributed by atoms with van der Waals surface area (Å²) >= 11 is 0. The Hall–Kier alpha value is -1.39. The monoisotopic (exact) mass is 261 g/mol. The minimum atomic E-state index is -0.447. The van der Waals surface area contributed by atoms with Crippen LogP contribution in [0.15, 0.2) is 24.8 Å². The normalized spacial score (nSPS) is 24.2. The van der Waals surface area contributed by atoms with Crippen molar-refractivity contribution >= 4 is 0 Å². The van der Waals surface area contributed by atoms with E-state index in [9.17, 15) is 0 Å². The maximum atomic E-state index is 5.86. The van der Waals surface area contributed by atoms with Gasteiger partial charge in [-0.15, -0.1) is 6.58 Å². The molecule has 2 aliphatic rings. The van der Waals surface area contributed by atoms with Crippen molar-refractivity contribution in [3.63, 3.8) is 0 Å². The number of methoxy groups -OCH3 is 1. The lowest BCUT2D eigenvalue weighted by atomic mass is 9.81. The van der Waals surface area contributed by atoms with E-state index in [-0.39, 0.29) is 5.92 Å². The molecule has 1 saturated heterocycles. The lowest BCUT2D eigenvalue weighted by Gasteiger charge is -2.36. The first-order valence-corrected chi connectivity index (χ1v) is 6.69. The fourth-order valence-electron chi connectivity index (χ4n) is 3.05. The van der Waals surface area contributed by atoms with Crippen LogP contribution in [0.3, 0.4) is 0 Å². The molecule has 0 bridgehead atoms. The van der Waals surface area contributed by atoms with E-state index in [0.29, 0.717) is 19.1 Å². The summed E-state index contributed by atoms with van der Waals surface area (Å²) in [5.41, 5.74) is 2.30. The number of hydrogen-bond acceptors (Lipinski definition) is 4. The highest BCUT2D eigenvalue weighted by Gasteiger charge is 2.44. The molecule has 4 nitrogen and oxygen atoms in total. The van der Waals surface area contributed by atoms with Gasteiger partial charge >= 0.3 is 0 Å². The van der Waals surface area contributed by atoms with Crippen LogP contribution >= 0.6 is 0 Å². The van der Waals surface area contributed by atoms with E-state index in [4.69, 9.17) is 14.2 Å².